The van der Waals surface area contributed by atoms with E-state index in [-0.39, 0.29) is 10.8 Å². The third-order valence-corrected chi connectivity index (χ3v) is 7.69. The second kappa shape index (κ2) is 10.0. The third-order valence-electron chi connectivity index (χ3n) is 5.88. The first-order chi connectivity index (χ1) is 15.6. The SMILES string of the molecule is CCCCn1c(CCC(=O)N(C)Cc2c(C)noc2C)nc2cc(S(=O)(=O)N(C)C)ccc21. The smallest absolute Gasteiger partial charge is 0.242 e. The molecule has 0 atom stereocenters. The van der Waals surface area contributed by atoms with Crippen LogP contribution in [0.4, 0.5) is 0 Å². The zero-order valence-corrected chi connectivity index (χ0v) is 21.1. The summed E-state index contributed by atoms with van der Waals surface area (Å²) < 4.78 is 33.6. The topological polar surface area (TPSA) is 102 Å². The van der Waals surface area contributed by atoms with Crippen LogP contribution >= 0.6 is 0 Å². The van der Waals surface area contributed by atoms with E-state index in [1.807, 2.05) is 19.9 Å². The van der Waals surface area contributed by atoms with E-state index in [0.717, 1.165) is 47.7 Å². The summed E-state index contributed by atoms with van der Waals surface area (Å²) in [6, 6.07) is 5.04. The van der Waals surface area contributed by atoms with Gasteiger partial charge >= 0.3 is 0 Å². The molecule has 3 rings (SSSR count). The summed E-state index contributed by atoms with van der Waals surface area (Å²) in [4.78, 5) is 19.4. The number of carbonyl (C=O) groups is 1. The number of sulfonamides is 1. The molecule has 0 aliphatic rings. The van der Waals surface area contributed by atoms with Gasteiger partial charge in [0.15, 0.2) is 0 Å². The first-order valence-corrected chi connectivity index (χ1v) is 12.6. The summed E-state index contributed by atoms with van der Waals surface area (Å²) in [5, 5.41) is 3.95. The van der Waals surface area contributed by atoms with Crippen molar-refractivity contribution in [3.63, 3.8) is 0 Å². The van der Waals surface area contributed by atoms with E-state index in [2.05, 4.69) is 16.6 Å². The van der Waals surface area contributed by atoms with Crippen LogP contribution in [0.2, 0.25) is 0 Å². The number of amides is 1. The number of carbonyl (C=O) groups excluding carboxylic acids is 1. The monoisotopic (exact) mass is 475 g/mol. The van der Waals surface area contributed by atoms with E-state index >= 15 is 0 Å². The van der Waals surface area contributed by atoms with Gasteiger partial charge < -0.3 is 14.0 Å². The summed E-state index contributed by atoms with van der Waals surface area (Å²) in [6.07, 6.45) is 2.76. The number of rotatable bonds is 10. The maximum Gasteiger partial charge on any atom is 0.242 e. The molecule has 0 N–H and O–H groups in total. The molecule has 10 heteroatoms. The fraction of sp³-hybridized carbons (Fsp3) is 0.522. The molecule has 33 heavy (non-hydrogen) atoms. The Bertz CT molecular complexity index is 1220. The molecule has 1 aromatic carbocycles. The van der Waals surface area contributed by atoms with Gasteiger partial charge in [0, 0.05) is 46.1 Å². The lowest BCUT2D eigenvalue weighted by molar-refractivity contribution is -0.130. The second-order valence-electron chi connectivity index (χ2n) is 8.52. The molecule has 2 aromatic heterocycles. The molecule has 0 spiro atoms. The van der Waals surface area contributed by atoms with Crippen LogP contribution in [-0.4, -0.2) is 59.4 Å². The quantitative estimate of drug-likeness (QED) is 0.446. The van der Waals surface area contributed by atoms with Crippen molar-refractivity contribution < 1.29 is 17.7 Å². The minimum Gasteiger partial charge on any atom is -0.361 e. The Morgan fingerprint density at radius 1 is 1.18 bits per heavy atom. The summed E-state index contributed by atoms with van der Waals surface area (Å²) in [5.41, 5.74) is 3.22. The Morgan fingerprint density at radius 2 is 1.91 bits per heavy atom. The van der Waals surface area contributed by atoms with Gasteiger partial charge in [-0.05, 0) is 38.5 Å². The van der Waals surface area contributed by atoms with Gasteiger partial charge in [-0.25, -0.2) is 17.7 Å². The van der Waals surface area contributed by atoms with E-state index in [9.17, 15) is 13.2 Å². The number of hydrogen-bond donors (Lipinski definition) is 0. The standard InChI is InChI=1S/C23H33N5O4S/c1-7-8-13-28-21-10-9-18(33(30,31)26(4)5)14-20(21)24-22(28)11-12-23(29)27(6)15-19-16(2)25-32-17(19)3/h9-10,14H,7-8,11-13,15H2,1-6H3. The normalized spacial score (nSPS) is 12.1. The lowest BCUT2D eigenvalue weighted by Gasteiger charge is -2.17. The highest BCUT2D eigenvalue weighted by molar-refractivity contribution is 7.89. The molecule has 0 aliphatic carbocycles. The summed E-state index contributed by atoms with van der Waals surface area (Å²) in [5.74, 6) is 1.51. The van der Waals surface area contributed by atoms with E-state index in [0.29, 0.717) is 24.9 Å². The van der Waals surface area contributed by atoms with Crippen LogP contribution in [0.1, 0.15) is 49.0 Å². The Morgan fingerprint density at radius 3 is 2.52 bits per heavy atom. The van der Waals surface area contributed by atoms with Crippen LogP contribution in [0.15, 0.2) is 27.6 Å². The van der Waals surface area contributed by atoms with Gasteiger partial charge in [-0.15, -0.1) is 0 Å². The van der Waals surface area contributed by atoms with Crippen molar-refractivity contribution in [3.05, 3.63) is 41.0 Å². The van der Waals surface area contributed by atoms with Crippen molar-refractivity contribution in [3.8, 4) is 0 Å². The highest BCUT2D eigenvalue weighted by Crippen LogP contribution is 2.24. The molecule has 0 fully saturated rings. The predicted molar refractivity (Wildman–Crippen MR) is 126 cm³/mol. The molecule has 0 unspecified atom stereocenters. The highest BCUT2D eigenvalue weighted by Gasteiger charge is 2.21. The molecule has 180 valence electrons. The van der Waals surface area contributed by atoms with Crippen LogP contribution in [0.5, 0.6) is 0 Å². The Hall–Kier alpha value is -2.72. The van der Waals surface area contributed by atoms with Gasteiger partial charge in [0.1, 0.15) is 11.6 Å². The Kier molecular flexibility index (Phi) is 7.58. The van der Waals surface area contributed by atoms with E-state index in [1.54, 1.807) is 24.1 Å². The maximum atomic E-state index is 12.8. The number of fused-ring (bicyclic) bond motifs is 1. The maximum absolute atomic E-state index is 12.8. The van der Waals surface area contributed by atoms with E-state index in [1.165, 1.54) is 18.4 Å². The van der Waals surface area contributed by atoms with Crippen molar-refractivity contribution in [2.75, 3.05) is 21.1 Å². The second-order valence-corrected chi connectivity index (χ2v) is 10.7. The number of hydrogen-bond acceptors (Lipinski definition) is 6. The van der Waals surface area contributed by atoms with Crippen LogP contribution < -0.4 is 0 Å². The number of benzene rings is 1. The first-order valence-electron chi connectivity index (χ1n) is 11.1. The van der Waals surface area contributed by atoms with Crippen molar-refractivity contribution in [1.29, 1.82) is 0 Å². The zero-order chi connectivity index (χ0) is 24.3. The summed E-state index contributed by atoms with van der Waals surface area (Å²) >= 11 is 0. The molecular weight excluding hydrogens is 442 g/mol. The van der Waals surface area contributed by atoms with Crippen molar-refractivity contribution >= 4 is 27.0 Å². The first kappa shape index (κ1) is 24.9. The molecular formula is C23H33N5O4S. The Labute approximate surface area is 195 Å². The molecule has 0 saturated carbocycles. The molecule has 0 bridgehead atoms. The predicted octanol–water partition coefficient (Wildman–Crippen LogP) is 3.28. The lowest BCUT2D eigenvalue weighted by Crippen LogP contribution is -2.27. The minimum absolute atomic E-state index is 0.0000257. The summed E-state index contributed by atoms with van der Waals surface area (Å²) in [6.45, 7) is 7.04. The highest BCUT2D eigenvalue weighted by atomic mass is 32.2. The van der Waals surface area contributed by atoms with Crippen LogP contribution in [-0.2, 0) is 34.3 Å². The zero-order valence-electron chi connectivity index (χ0n) is 20.3. The number of imidazole rings is 1. The van der Waals surface area contributed by atoms with Crippen molar-refractivity contribution in [2.24, 2.45) is 0 Å². The Balaban J connectivity index is 1.82. The van der Waals surface area contributed by atoms with Crippen LogP contribution in [0.3, 0.4) is 0 Å². The molecule has 0 radical (unpaired) electrons. The minimum atomic E-state index is -3.55. The lowest BCUT2D eigenvalue weighted by atomic mass is 10.2. The van der Waals surface area contributed by atoms with Gasteiger partial charge in [0.05, 0.1) is 28.2 Å². The molecule has 0 aliphatic heterocycles. The number of unbranched alkanes of at least 4 members (excludes halogenated alkanes) is 1. The average Bonchev–Trinajstić information content (AvgIpc) is 3.29. The van der Waals surface area contributed by atoms with E-state index in [4.69, 9.17) is 9.51 Å². The molecule has 1 amide bonds. The van der Waals surface area contributed by atoms with Crippen LogP contribution in [0.25, 0.3) is 11.0 Å². The van der Waals surface area contributed by atoms with Crippen LogP contribution in [0, 0.1) is 13.8 Å². The largest absolute Gasteiger partial charge is 0.361 e. The number of aryl methyl sites for hydroxylation is 4. The molecule has 0 saturated heterocycles. The van der Waals surface area contributed by atoms with Gasteiger partial charge in [-0.1, -0.05) is 18.5 Å². The molecule has 9 nitrogen and oxygen atoms in total. The third kappa shape index (κ3) is 5.27. The number of nitrogens with zero attached hydrogens (tertiary/aromatic N) is 5. The van der Waals surface area contributed by atoms with Gasteiger partial charge in [-0.3, -0.25) is 4.79 Å². The van der Waals surface area contributed by atoms with E-state index < -0.39 is 10.0 Å². The fourth-order valence-electron chi connectivity index (χ4n) is 3.75. The fourth-order valence-corrected chi connectivity index (χ4v) is 4.67. The molecule has 2 heterocycles. The van der Waals surface area contributed by atoms with Crippen molar-refractivity contribution in [2.45, 2.75) is 64.4 Å². The number of aromatic nitrogens is 3. The van der Waals surface area contributed by atoms with Gasteiger partial charge in [-0.2, -0.15) is 0 Å². The van der Waals surface area contributed by atoms with Gasteiger partial charge in [0.25, 0.3) is 0 Å². The van der Waals surface area contributed by atoms with Gasteiger partial charge in [0.2, 0.25) is 15.9 Å². The average molecular weight is 476 g/mol. The molecule has 3 aromatic rings. The summed E-state index contributed by atoms with van der Waals surface area (Å²) in [7, 11) is 1.24. The van der Waals surface area contributed by atoms with Crippen molar-refractivity contribution in [1.82, 2.24) is 23.9 Å².